The molecular weight excluding hydrogens is 388 g/mol. The summed E-state index contributed by atoms with van der Waals surface area (Å²) in [6.07, 6.45) is 2.28. The molecule has 0 spiro atoms. The van der Waals surface area contributed by atoms with E-state index in [2.05, 4.69) is 4.98 Å². The summed E-state index contributed by atoms with van der Waals surface area (Å²) in [5, 5.41) is 0. The van der Waals surface area contributed by atoms with Gasteiger partial charge in [-0.2, -0.15) is 0 Å². The Hall–Kier alpha value is -3.61. The predicted octanol–water partition coefficient (Wildman–Crippen LogP) is 3.79. The first-order valence-electron chi connectivity index (χ1n) is 9.53. The van der Waals surface area contributed by atoms with Crippen LogP contribution in [-0.4, -0.2) is 21.7 Å². The van der Waals surface area contributed by atoms with Crippen molar-refractivity contribution in [3.8, 4) is 0 Å². The maximum Gasteiger partial charge on any atom is 0.267 e. The van der Waals surface area contributed by atoms with Crippen LogP contribution < -0.4 is 5.73 Å². The second kappa shape index (κ2) is 8.02. The van der Waals surface area contributed by atoms with Gasteiger partial charge in [0, 0.05) is 29.9 Å². The average molecular weight is 407 g/mol. The van der Waals surface area contributed by atoms with Crippen LogP contribution in [0.1, 0.15) is 50.0 Å². The molecule has 0 radical (unpaired) electrons. The van der Waals surface area contributed by atoms with E-state index in [1.165, 1.54) is 17.2 Å². The smallest absolute Gasteiger partial charge is 0.267 e. The number of hydrogen-bond acceptors (Lipinski definition) is 3. The molecule has 0 saturated carbocycles. The highest BCUT2D eigenvalue weighted by molar-refractivity contribution is 5.95. The van der Waals surface area contributed by atoms with E-state index in [1.54, 1.807) is 42.5 Å². The van der Waals surface area contributed by atoms with Gasteiger partial charge in [-0.15, -0.1) is 0 Å². The molecule has 0 aliphatic heterocycles. The molecule has 0 unspecified atom stereocenters. The van der Waals surface area contributed by atoms with Crippen molar-refractivity contribution in [2.45, 2.75) is 25.4 Å². The first-order chi connectivity index (χ1) is 14.5. The third-order valence-electron chi connectivity index (χ3n) is 5.34. The normalized spacial score (nSPS) is 14.9. The van der Waals surface area contributed by atoms with Crippen LogP contribution in [-0.2, 0) is 13.0 Å². The van der Waals surface area contributed by atoms with Gasteiger partial charge in [0.05, 0.1) is 6.04 Å². The van der Waals surface area contributed by atoms with Gasteiger partial charge in [-0.05, 0) is 48.2 Å². The molecule has 2 aromatic carbocycles. The molecule has 4 rings (SSSR count). The summed E-state index contributed by atoms with van der Waals surface area (Å²) in [6, 6.07) is 13.5. The lowest BCUT2D eigenvalue weighted by Crippen LogP contribution is -2.34. The van der Waals surface area contributed by atoms with Gasteiger partial charge >= 0.3 is 0 Å². The van der Waals surface area contributed by atoms with E-state index in [0.29, 0.717) is 35.1 Å². The summed E-state index contributed by atoms with van der Waals surface area (Å²) in [6.45, 7) is 0.0298. The molecule has 2 amide bonds. The Morgan fingerprint density at radius 1 is 1.10 bits per heavy atom. The summed E-state index contributed by atoms with van der Waals surface area (Å²) >= 11 is 0. The van der Waals surface area contributed by atoms with Crippen LogP contribution in [0.2, 0.25) is 0 Å². The van der Waals surface area contributed by atoms with E-state index in [1.807, 2.05) is 0 Å². The van der Waals surface area contributed by atoms with Crippen LogP contribution >= 0.6 is 0 Å². The SMILES string of the molecule is NC(=O)c1ncccc1CN(C(=O)c1ccccc1)[C@@H]1CCc2c(F)cc(F)cc21. The number of rotatable bonds is 5. The summed E-state index contributed by atoms with van der Waals surface area (Å²) in [5.74, 6) is -2.32. The van der Waals surface area contributed by atoms with Gasteiger partial charge in [0.1, 0.15) is 17.3 Å². The number of carbonyl (C=O) groups is 2. The monoisotopic (exact) mass is 407 g/mol. The molecule has 7 heteroatoms. The summed E-state index contributed by atoms with van der Waals surface area (Å²) in [7, 11) is 0. The molecule has 0 saturated heterocycles. The fourth-order valence-electron chi connectivity index (χ4n) is 3.99. The van der Waals surface area contributed by atoms with Gasteiger partial charge in [-0.3, -0.25) is 14.6 Å². The van der Waals surface area contributed by atoms with E-state index in [9.17, 15) is 18.4 Å². The lowest BCUT2D eigenvalue weighted by Gasteiger charge is -2.30. The summed E-state index contributed by atoms with van der Waals surface area (Å²) in [4.78, 5) is 30.8. The molecule has 1 aliphatic rings. The fourth-order valence-corrected chi connectivity index (χ4v) is 3.99. The van der Waals surface area contributed by atoms with Crippen molar-refractivity contribution in [2.24, 2.45) is 5.73 Å². The molecule has 1 aliphatic carbocycles. The number of amides is 2. The number of nitrogens with two attached hydrogens (primary N) is 1. The van der Waals surface area contributed by atoms with Crippen molar-refractivity contribution in [2.75, 3.05) is 0 Å². The highest BCUT2D eigenvalue weighted by Gasteiger charge is 2.34. The molecule has 1 heterocycles. The molecule has 5 nitrogen and oxygen atoms in total. The number of hydrogen-bond donors (Lipinski definition) is 1. The van der Waals surface area contributed by atoms with Gasteiger partial charge < -0.3 is 10.6 Å². The predicted molar refractivity (Wildman–Crippen MR) is 106 cm³/mol. The molecule has 30 heavy (non-hydrogen) atoms. The Morgan fingerprint density at radius 3 is 2.60 bits per heavy atom. The molecule has 2 N–H and O–H groups in total. The fraction of sp³-hybridized carbons (Fsp3) is 0.174. The maximum absolute atomic E-state index is 14.3. The largest absolute Gasteiger partial charge is 0.364 e. The van der Waals surface area contributed by atoms with Crippen LogP contribution in [0.5, 0.6) is 0 Å². The molecule has 0 bridgehead atoms. The van der Waals surface area contributed by atoms with E-state index in [0.717, 1.165) is 6.07 Å². The Kier molecular flexibility index (Phi) is 5.27. The highest BCUT2D eigenvalue weighted by Crippen LogP contribution is 2.39. The Balaban J connectivity index is 1.79. The molecular formula is C23H19F2N3O2. The van der Waals surface area contributed by atoms with E-state index in [-0.39, 0.29) is 18.1 Å². The number of primary amides is 1. The van der Waals surface area contributed by atoms with Gasteiger partial charge in [0.15, 0.2) is 0 Å². The van der Waals surface area contributed by atoms with Crippen LogP contribution in [0.15, 0.2) is 60.8 Å². The number of fused-ring (bicyclic) bond motifs is 1. The van der Waals surface area contributed by atoms with Gasteiger partial charge in [0.2, 0.25) is 0 Å². The number of aromatic nitrogens is 1. The lowest BCUT2D eigenvalue weighted by molar-refractivity contribution is 0.0655. The van der Waals surface area contributed by atoms with Crippen LogP contribution in [0.4, 0.5) is 8.78 Å². The van der Waals surface area contributed by atoms with Crippen LogP contribution in [0.3, 0.4) is 0 Å². The van der Waals surface area contributed by atoms with Gasteiger partial charge in [-0.25, -0.2) is 8.78 Å². The van der Waals surface area contributed by atoms with Gasteiger partial charge in [-0.1, -0.05) is 24.3 Å². The number of nitrogens with zero attached hydrogens (tertiary/aromatic N) is 2. The van der Waals surface area contributed by atoms with Crippen molar-refractivity contribution in [1.82, 2.24) is 9.88 Å². The Labute approximate surface area is 172 Å². The van der Waals surface area contributed by atoms with Crippen molar-refractivity contribution in [3.05, 3.63) is 100 Å². The topological polar surface area (TPSA) is 76.3 Å². The minimum Gasteiger partial charge on any atom is -0.364 e. The Morgan fingerprint density at radius 2 is 1.87 bits per heavy atom. The third-order valence-corrected chi connectivity index (χ3v) is 5.34. The van der Waals surface area contributed by atoms with Crippen molar-refractivity contribution >= 4 is 11.8 Å². The zero-order valence-electron chi connectivity index (χ0n) is 16.0. The maximum atomic E-state index is 14.3. The standard InChI is InChI=1S/C23H19F2N3O2/c24-16-11-18-17(19(25)12-16)8-9-20(18)28(23(30)14-5-2-1-3-6-14)13-15-7-4-10-27-21(15)22(26)29/h1-7,10-12,20H,8-9,13H2,(H2,26,29)/t20-/m1/s1. The zero-order chi connectivity index (χ0) is 21.3. The minimum atomic E-state index is -0.707. The molecule has 1 aromatic heterocycles. The first-order valence-corrected chi connectivity index (χ1v) is 9.53. The van der Waals surface area contributed by atoms with Crippen molar-refractivity contribution in [3.63, 3.8) is 0 Å². The molecule has 0 fully saturated rings. The summed E-state index contributed by atoms with van der Waals surface area (Å²) < 4.78 is 28.3. The average Bonchev–Trinajstić information content (AvgIpc) is 3.16. The zero-order valence-corrected chi connectivity index (χ0v) is 16.0. The number of benzene rings is 2. The molecule has 152 valence electrons. The van der Waals surface area contributed by atoms with Crippen LogP contribution in [0.25, 0.3) is 0 Å². The minimum absolute atomic E-state index is 0.0298. The van der Waals surface area contributed by atoms with E-state index < -0.39 is 23.6 Å². The van der Waals surface area contributed by atoms with E-state index >= 15 is 0 Å². The number of halogens is 2. The third kappa shape index (κ3) is 3.66. The lowest BCUT2D eigenvalue weighted by atomic mass is 10.0. The summed E-state index contributed by atoms with van der Waals surface area (Å²) in [5.41, 5.74) is 7.27. The second-order valence-corrected chi connectivity index (χ2v) is 7.18. The molecule has 1 atom stereocenters. The Bertz CT molecular complexity index is 1120. The number of carbonyl (C=O) groups excluding carboxylic acids is 2. The number of pyridine rings is 1. The first kappa shape index (κ1) is 19.7. The molecule has 3 aromatic rings. The van der Waals surface area contributed by atoms with E-state index in [4.69, 9.17) is 5.73 Å². The van der Waals surface area contributed by atoms with Crippen molar-refractivity contribution < 1.29 is 18.4 Å². The highest BCUT2D eigenvalue weighted by atomic mass is 19.1. The van der Waals surface area contributed by atoms with Crippen LogP contribution in [0, 0.1) is 11.6 Å². The van der Waals surface area contributed by atoms with Gasteiger partial charge in [0.25, 0.3) is 11.8 Å². The van der Waals surface area contributed by atoms with Crippen molar-refractivity contribution in [1.29, 1.82) is 0 Å². The quantitative estimate of drug-likeness (QED) is 0.699. The second-order valence-electron chi connectivity index (χ2n) is 7.18.